The van der Waals surface area contributed by atoms with Crippen molar-refractivity contribution >= 4 is 6.09 Å². The van der Waals surface area contributed by atoms with Crippen LogP contribution in [0.3, 0.4) is 0 Å². The Bertz CT molecular complexity index is 658. The Morgan fingerprint density at radius 2 is 1.70 bits per heavy atom. The molecule has 168 valence electrons. The number of benzene rings is 1. The summed E-state index contributed by atoms with van der Waals surface area (Å²) in [4.78, 5) is 14.5. The van der Waals surface area contributed by atoms with Crippen molar-refractivity contribution in [3.05, 3.63) is 30.1 Å². The summed E-state index contributed by atoms with van der Waals surface area (Å²) in [5.74, 6) is 1.27. The monoisotopic (exact) mass is 420 g/mol. The largest absolute Gasteiger partial charge is 0.490 e. The number of halogens is 1. The van der Waals surface area contributed by atoms with Crippen LogP contribution in [0.5, 0.6) is 5.75 Å². The first-order valence-electron chi connectivity index (χ1n) is 11.4. The topological polar surface area (TPSA) is 50.8 Å². The Labute approximate surface area is 180 Å². The average Bonchev–Trinajstić information content (AvgIpc) is 2.69. The molecule has 0 spiro atoms. The third-order valence-corrected chi connectivity index (χ3v) is 6.07. The van der Waals surface area contributed by atoms with E-state index in [0.29, 0.717) is 0 Å². The first-order valence-corrected chi connectivity index (χ1v) is 11.4. The van der Waals surface area contributed by atoms with Gasteiger partial charge in [-0.1, -0.05) is 0 Å². The summed E-state index contributed by atoms with van der Waals surface area (Å²) in [6.07, 6.45) is 7.61. The fourth-order valence-electron chi connectivity index (χ4n) is 4.39. The molecule has 0 bridgehead atoms. The fourth-order valence-corrected chi connectivity index (χ4v) is 4.39. The molecule has 1 aliphatic carbocycles. The van der Waals surface area contributed by atoms with Crippen LogP contribution in [0.15, 0.2) is 24.3 Å². The lowest BCUT2D eigenvalue weighted by Gasteiger charge is -2.34. The van der Waals surface area contributed by atoms with Crippen molar-refractivity contribution in [2.45, 2.75) is 83.5 Å². The van der Waals surface area contributed by atoms with E-state index in [-0.39, 0.29) is 24.1 Å². The van der Waals surface area contributed by atoms with Gasteiger partial charge in [0.15, 0.2) is 0 Å². The zero-order chi connectivity index (χ0) is 21.6. The number of hydrogen-bond acceptors (Lipinski definition) is 4. The van der Waals surface area contributed by atoms with E-state index < -0.39 is 5.60 Å². The van der Waals surface area contributed by atoms with E-state index in [4.69, 9.17) is 9.47 Å². The van der Waals surface area contributed by atoms with E-state index in [1.807, 2.05) is 20.8 Å². The summed E-state index contributed by atoms with van der Waals surface area (Å²) in [7, 11) is 0. The predicted octanol–water partition coefficient (Wildman–Crippen LogP) is 5.14. The maximum absolute atomic E-state index is 13.0. The number of nitrogens with zero attached hydrogens (tertiary/aromatic N) is 1. The zero-order valence-electron chi connectivity index (χ0n) is 18.7. The maximum Gasteiger partial charge on any atom is 0.407 e. The third-order valence-electron chi connectivity index (χ3n) is 6.07. The summed E-state index contributed by atoms with van der Waals surface area (Å²) < 4.78 is 24.4. The van der Waals surface area contributed by atoms with Crippen LogP contribution in [-0.2, 0) is 4.74 Å². The van der Waals surface area contributed by atoms with Gasteiger partial charge < -0.3 is 19.7 Å². The van der Waals surface area contributed by atoms with E-state index in [1.54, 1.807) is 12.1 Å². The number of nitrogens with one attached hydrogen (secondary N) is 1. The standard InChI is InChI=1S/C24H37FN2O3/c1-24(2,3)30-23(28)26-20-8-4-18(5-9-20)12-15-27-16-13-22(14-17-27)29-21-10-6-19(25)7-11-21/h6-7,10-11,18,20,22H,4-5,8-9,12-17H2,1-3H3,(H,26,28)/t18-,20-. The van der Waals surface area contributed by atoms with Crippen LogP contribution in [0.4, 0.5) is 9.18 Å². The Hall–Kier alpha value is -1.82. The Morgan fingerprint density at radius 3 is 2.30 bits per heavy atom. The minimum atomic E-state index is -0.446. The second-order valence-corrected chi connectivity index (χ2v) is 9.77. The first-order chi connectivity index (χ1) is 14.3. The highest BCUT2D eigenvalue weighted by Crippen LogP contribution is 2.28. The van der Waals surface area contributed by atoms with Crippen LogP contribution in [0.2, 0.25) is 0 Å². The van der Waals surface area contributed by atoms with Crippen LogP contribution in [0.1, 0.15) is 65.7 Å². The molecule has 0 aromatic heterocycles. The molecular weight excluding hydrogens is 383 g/mol. The maximum atomic E-state index is 13.0. The molecule has 5 nitrogen and oxygen atoms in total. The van der Waals surface area contributed by atoms with E-state index in [9.17, 15) is 9.18 Å². The summed E-state index contributed by atoms with van der Waals surface area (Å²) >= 11 is 0. The summed E-state index contributed by atoms with van der Waals surface area (Å²) in [6, 6.07) is 6.55. The van der Waals surface area contributed by atoms with Crippen LogP contribution in [-0.4, -0.2) is 48.4 Å². The van der Waals surface area contributed by atoms with Crippen LogP contribution in [0.25, 0.3) is 0 Å². The van der Waals surface area contributed by atoms with Gasteiger partial charge in [-0.3, -0.25) is 0 Å². The lowest BCUT2D eigenvalue weighted by molar-refractivity contribution is 0.0484. The van der Waals surface area contributed by atoms with E-state index >= 15 is 0 Å². The smallest absolute Gasteiger partial charge is 0.407 e. The lowest BCUT2D eigenvalue weighted by atomic mass is 9.84. The van der Waals surface area contributed by atoms with Crippen molar-refractivity contribution in [3.63, 3.8) is 0 Å². The second kappa shape index (κ2) is 10.5. The molecule has 1 N–H and O–H groups in total. The number of amides is 1. The van der Waals surface area contributed by atoms with Crippen LogP contribution < -0.4 is 10.1 Å². The van der Waals surface area contributed by atoms with Gasteiger partial charge >= 0.3 is 6.09 Å². The average molecular weight is 421 g/mol. The minimum absolute atomic E-state index is 0.223. The molecule has 1 saturated carbocycles. The number of ether oxygens (including phenoxy) is 2. The molecule has 2 fully saturated rings. The van der Waals surface area contributed by atoms with E-state index in [1.165, 1.54) is 31.4 Å². The minimum Gasteiger partial charge on any atom is -0.490 e. The van der Waals surface area contributed by atoms with Crippen molar-refractivity contribution in [1.29, 1.82) is 0 Å². The molecule has 1 amide bonds. The van der Waals surface area contributed by atoms with Gasteiger partial charge in [-0.05, 0) is 102 Å². The molecule has 1 aromatic rings. The van der Waals surface area contributed by atoms with Crippen molar-refractivity contribution in [3.8, 4) is 5.75 Å². The summed E-state index contributed by atoms with van der Waals surface area (Å²) in [5, 5.41) is 3.02. The SMILES string of the molecule is CC(C)(C)OC(=O)N[C@H]1CC[C@H](CCN2CCC(Oc3ccc(F)cc3)CC2)CC1. The lowest BCUT2D eigenvalue weighted by Crippen LogP contribution is -2.41. The number of hydrogen-bond donors (Lipinski definition) is 1. The molecule has 1 saturated heterocycles. The molecule has 0 unspecified atom stereocenters. The van der Waals surface area contributed by atoms with Crippen molar-refractivity contribution < 1.29 is 18.7 Å². The van der Waals surface area contributed by atoms with Crippen molar-refractivity contribution in [2.75, 3.05) is 19.6 Å². The van der Waals surface area contributed by atoms with Crippen molar-refractivity contribution in [1.82, 2.24) is 10.2 Å². The Balaban J connectivity index is 1.28. The van der Waals surface area contributed by atoms with Gasteiger partial charge in [0.05, 0.1) is 0 Å². The molecule has 1 aliphatic heterocycles. The van der Waals surface area contributed by atoms with Crippen LogP contribution >= 0.6 is 0 Å². The molecule has 0 radical (unpaired) electrons. The quantitative estimate of drug-likeness (QED) is 0.692. The number of alkyl carbamates (subject to hydrolysis) is 1. The van der Waals surface area contributed by atoms with Gasteiger partial charge in [0.1, 0.15) is 23.3 Å². The fraction of sp³-hybridized carbons (Fsp3) is 0.708. The highest BCUT2D eigenvalue weighted by Gasteiger charge is 2.26. The van der Waals surface area contributed by atoms with Gasteiger partial charge in [-0.15, -0.1) is 0 Å². The van der Waals surface area contributed by atoms with Gasteiger partial charge in [0.25, 0.3) is 0 Å². The molecule has 2 aliphatic rings. The summed E-state index contributed by atoms with van der Waals surface area (Å²) in [6.45, 7) is 8.92. The van der Waals surface area contributed by atoms with E-state index in [0.717, 1.165) is 57.0 Å². The molecule has 1 aromatic carbocycles. The number of likely N-dealkylation sites (tertiary alicyclic amines) is 1. The molecule has 30 heavy (non-hydrogen) atoms. The predicted molar refractivity (Wildman–Crippen MR) is 116 cm³/mol. The normalized spacial score (nSPS) is 23.7. The van der Waals surface area contributed by atoms with Gasteiger partial charge in [0, 0.05) is 19.1 Å². The highest BCUT2D eigenvalue weighted by molar-refractivity contribution is 5.68. The highest BCUT2D eigenvalue weighted by atomic mass is 19.1. The number of carbonyl (C=O) groups is 1. The number of carbonyl (C=O) groups excluding carboxylic acids is 1. The third kappa shape index (κ3) is 7.78. The van der Waals surface area contributed by atoms with Crippen LogP contribution in [0, 0.1) is 11.7 Å². The number of rotatable bonds is 6. The van der Waals surface area contributed by atoms with E-state index in [2.05, 4.69) is 10.2 Å². The first kappa shape index (κ1) is 22.9. The number of piperidine rings is 1. The molecule has 0 atom stereocenters. The van der Waals surface area contributed by atoms with Gasteiger partial charge in [-0.25, -0.2) is 9.18 Å². The Morgan fingerprint density at radius 1 is 1.07 bits per heavy atom. The molecule has 3 rings (SSSR count). The van der Waals surface area contributed by atoms with Gasteiger partial charge in [0.2, 0.25) is 0 Å². The molecular formula is C24H37FN2O3. The molecule has 6 heteroatoms. The van der Waals surface area contributed by atoms with Gasteiger partial charge in [-0.2, -0.15) is 0 Å². The molecule has 1 heterocycles. The Kier molecular flexibility index (Phi) is 7.98. The summed E-state index contributed by atoms with van der Waals surface area (Å²) in [5.41, 5.74) is -0.446. The van der Waals surface area contributed by atoms with Crippen molar-refractivity contribution in [2.24, 2.45) is 5.92 Å². The zero-order valence-corrected chi connectivity index (χ0v) is 18.7. The second-order valence-electron chi connectivity index (χ2n) is 9.77.